The van der Waals surface area contributed by atoms with E-state index in [9.17, 15) is 0 Å². The zero-order chi connectivity index (χ0) is 11.4. The van der Waals surface area contributed by atoms with Gasteiger partial charge < -0.3 is 9.73 Å². The Bertz CT molecular complexity index is 329. The molecular formula is C12H18BrNOS. The first-order chi connectivity index (χ1) is 7.78. The summed E-state index contributed by atoms with van der Waals surface area (Å²) in [5.41, 5.74) is 0. The molecule has 1 aromatic heterocycles. The molecule has 2 nitrogen and oxygen atoms in total. The molecule has 2 rings (SSSR count). The minimum atomic E-state index is 0.662. The Balaban J connectivity index is 1.77. The highest BCUT2D eigenvalue weighted by Gasteiger charge is 2.20. The summed E-state index contributed by atoms with van der Waals surface area (Å²) in [7, 11) is 0. The van der Waals surface area contributed by atoms with E-state index < -0.39 is 0 Å². The van der Waals surface area contributed by atoms with E-state index in [0.717, 1.165) is 22.2 Å². The molecule has 0 spiro atoms. The Morgan fingerprint density at radius 3 is 3.06 bits per heavy atom. The number of nitrogens with one attached hydrogen (secondary N) is 1. The van der Waals surface area contributed by atoms with Crippen LogP contribution in [0, 0.1) is 0 Å². The summed E-state index contributed by atoms with van der Waals surface area (Å²) in [6.07, 6.45) is 7.55. The second-order valence-corrected chi connectivity index (χ2v) is 6.23. The van der Waals surface area contributed by atoms with Gasteiger partial charge in [-0.1, -0.05) is 6.42 Å². The molecule has 0 aromatic carbocycles. The molecule has 0 amide bonds. The van der Waals surface area contributed by atoms with Gasteiger partial charge in [-0.05, 0) is 53.6 Å². The van der Waals surface area contributed by atoms with Crippen LogP contribution >= 0.6 is 27.7 Å². The number of halogens is 1. The van der Waals surface area contributed by atoms with Gasteiger partial charge in [-0.15, -0.1) is 0 Å². The van der Waals surface area contributed by atoms with Crippen LogP contribution in [-0.4, -0.2) is 17.5 Å². The molecule has 16 heavy (non-hydrogen) atoms. The molecule has 1 heterocycles. The molecule has 1 N–H and O–H groups in total. The lowest BCUT2D eigenvalue weighted by atomic mass is 9.95. The van der Waals surface area contributed by atoms with Crippen molar-refractivity contribution < 1.29 is 4.42 Å². The zero-order valence-electron chi connectivity index (χ0n) is 9.54. The Labute approximate surface area is 110 Å². The number of rotatable bonds is 4. The summed E-state index contributed by atoms with van der Waals surface area (Å²) in [5.74, 6) is 1.01. The molecule has 90 valence electrons. The van der Waals surface area contributed by atoms with Crippen molar-refractivity contribution >= 4 is 27.7 Å². The van der Waals surface area contributed by atoms with Gasteiger partial charge >= 0.3 is 0 Å². The predicted octanol–water partition coefficient (Wildman–Crippen LogP) is 3.81. The van der Waals surface area contributed by atoms with Crippen molar-refractivity contribution in [2.75, 3.05) is 6.26 Å². The smallest absolute Gasteiger partial charge is 0.169 e. The quantitative estimate of drug-likeness (QED) is 0.916. The van der Waals surface area contributed by atoms with E-state index in [1.165, 1.54) is 25.7 Å². The molecule has 1 aromatic rings. The minimum absolute atomic E-state index is 0.662. The van der Waals surface area contributed by atoms with Crippen LogP contribution < -0.4 is 5.32 Å². The molecule has 1 fully saturated rings. The standard InChI is InChI=1S/C12H18BrNOS/c1-16-11-4-2-3-9(7-11)14-8-10-5-6-12(13)15-10/h5-6,9,11,14H,2-4,7-8H2,1H3. The maximum Gasteiger partial charge on any atom is 0.169 e. The fraction of sp³-hybridized carbons (Fsp3) is 0.667. The van der Waals surface area contributed by atoms with Gasteiger partial charge in [-0.2, -0.15) is 11.8 Å². The van der Waals surface area contributed by atoms with Crippen LogP contribution in [0.25, 0.3) is 0 Å². The van der Waals surface area contributed by atoms with Gasteiger partial charge in [0, 0.05) is 11.3 Å². The maximum absolute atomic E-state index is 5.48. The Kier molecular flexibility index (Phi) is 4.79. The van der Waals surface area contributed by atoms with Crippen molar-refractivity contribution in [3.8, 4) is 0 Å². The van der Waals surface area contributed by atoms with E-state index in [0.29, 0.717) is 6.04 Å². The molecule has 2 atom stereocenters. The first-order valence-corrected chi connectivity index (χ1v) is 7.86. The average molecular weight is 304 g/mol. The molecular weight excluding hydrogens is 286 g/mol. The lowest BCUT2D eigenvalue weighted by Gasteiger charge is -2.28. The van der Waals surface area contributed by atoms with E-state index >= 15 is 0 Å². The van der Waals surface area contributed by atoms with Crippen LogP contribution in [0.1, 0.15) is 31.4 Å². The maximum atomic E-state index is 5.48. The van der Waals surface area contributed by atoms with Crippen LogP contribution in [0.15, 0.2) is 21.2 Å². The number of thioether (sulfide) groups is 1. The molecule has 1 saturated carbocycles. The fourth-order valence-electron chi connectivity index (χ4n) is 2.24. The Hall–Kier alpha value is 0.0700. The van der Waals surface area contributed by atoms with Gasteiger partial charge in [0.15, 0.2) is 4.67 Å². The molecule has 0 saturated heterocycles. The second-order valence-electron chi connectivity index (χ2n) is 4.31. The highest BCUT2D eigenvalue weighted by Crippen LogP contribution is 2.27. The van der Waals surface area contributed by atoms with E-state index in [1.807, 2.05) is 23.9 Å². The normalized spacial score (nSPS) is 25.9. The van der Waals surface area contributed by atoms with E-state index in [-0.39, 0.29) is 0 Å². The highest BCUT2D eigenvalue weighted by molar-refractivity contribution is 9.10. The third kappa shape index (κ3) is 3.54. The summed E-state index contributed by atoms with van der Waals surface area (Å²) in [5, 5.41) is 4.43. The summed E-state index contributed by atoms with van der Waals surface area (Å²) in [6, 6.07) is 4.63. The predicted molar refractivity (Wildman–Crippen MR) is 72.8 cm³/mol. The summed E-state index contributed by atoms with van der Waals surface area (Å²) >= 11 is 5.33. The average Bonchev–Trinajstić information content (AvgIpc) is 2.73. The third-order valence-corrected chi connectivity index (χ3v) is 4.67. The number of hydrogen-bond donors (Lipinski definition) is 1. The lowest BCUT2D eigenvalue weighted by Crippen LogP contribution is -2.34. The van der Waals surface area contributed by atoms with Crippen LogP contribution in [0.4, 0.5) is 0 Å². The molecule has 4 heteroatoms. The Morgan fingerprint density at radius 1 is 1.50 bits per heavy atom. The number of hydrogen-bond acceptors (Lipinski definition) is 3. The molecule has 1 aliphatic rings. The van der Waals surface area contributed by atoms with Crippen molar-refractivity contribution in [2.24, 2.45) is 0 Å². The lowest BCUT2D eigenvalue weighted by molar-refractivity contribution is 0.360. The van der Waals surface area contributed by atoms with Crippen LogP contribution in [-0.2, 0) is 6.54 Å². The van der Waals surface area contributed by atoms with Crippen molar-refractivity contribution in [1.29, 1.82) is 0 Å². The van der Waals surface area contributed by atoms with Crippen molar-refractivity contribution in [1.82, 2.24) is 5.32 Å². The van der Waals surface area contributed by atoms with E-state index in [4.69, 9.17) is 4.42 Å². The van der Waals surface area contributed by atoms with Gasteiger partial charge in [0.1, 0.15) is 5.76 Å². The van der Waals surface area contributed by atoms with Crippen LogP contribution in [0.2, 0.25) is 0 Å². The van der Waals surface area contributed by atoms with Crippen LogP contribution in [0.3, 0.4) is 0 Å². The van der Waals surface area contributed by atoms with Gasteiger partial charge in [0.05, 0.1) is 6.54 Å². The van der Waals surface area contributed by atoms with Crippen molar-refractivity contribution in [3.05, 3.63) is 22.6 Å². The minimum Gasteiger partial charge on any atom is -0.453 e. The van der Waals surface area contributed by atoms with Crippen LogP contribution in [0.5, 0.6) is 0 Å². The van der Waals surface area contributed by atoms with Gasteiger partial charge in [0.2, 0.25) is 0 Å². The first kappa shape index (κ1) is 12.5. The summed E-state index contributed by atoms with van der Waals surface area (Å²) in [4.78, 5) is 0. The molecule has 1 aliphatic carbocycles. The second kappa shape index (κ2) is 6.12. The van der Waals surface area contributed by atoms with Crippen molar-refractivity contribution in [2.45, 2.75) is 43.5 Å². The molecule has 0 bridgehead atoms. The van der Waals surface area contributed by atoms with Gasteiger partial charge in [-0.3, -0.25) is 0 Å². The third-order valence-electron chi connectivity index (χ3n) is 3.15. The zero-order valence-corrected chi connectivity index (χ0v) is 11.9. The fourth-order valence-corrected chi connectivity index (χ4v) is 3.40. The van der Waals surface area contributed by atoms with Gasteiger partial charge in [0.25, 0.3) is 0 Å². The van der Waals surface area contributed by atoms with Crippen molar-refractivity contribution in [3.63, 3.8) is 0 Å². The monoisotopic (exact) mass is 303 g/mol. The van der Waals surface area contributed by atoms with E-state index in [2.05, 4.69) is 27.5 Å². The van der Waals surface area contributed by atoms with E-state index in [1.54, 1.807) is 0 Å². The largest absolute Gasteiger partial charge is 0.453 e. The molecule has 2 unspecified atom stereocenters. The SMILES string of the molecule is CSC1CCCC(NCc2ccc(Br)o2)C1. The first-order valence-electron chi connectivity index (χ1n) is 5.78. The topological polar surface area (TPSA) is 25.2 Å². The summed E-state index contributed by atoms with van der Waals surface area (Å²) < 4.78 is 6.29. The van der Waals surface area contributed by atoms with Gasteiger partial charge in [-0.25, -0.2) is 0 Å². The Morgan fingerprint density at radius 2 is 2.38 bits per heavy atom. The number of furan rings is 1. The molecule has 0 aliphatic heterocycles. The highest BCUT2D eigenvalue weighted by atomic mass is 79.9. The molecule has 0 radical (unpaired) electrons. The summed E-state index contributed by atoms with van der Waals surface area (Å²) in [6.45, 7) is 0.845.